The number of hydrogen-bond acceptors (Lipinski definition) is 4. The van der Waals surface area contributed by atoms with Gasteiger partial charge in [0.1, 0.15) is 6.54 Å². The summed E-state index contributed by atoms with van der Waals surface area (Å²) in [5.41, 5.74) is 2.99. The lowest BCUT2D eigenvalue weighted by Gasteiger charge is -2.34. The number of hydrogen-bond donors (Lipinski definition) is 0. The summed E-state index contributed by atoms with van der Waals surface area (Å²) in [7, 11) is 0. The Morgan fingerprint density at radius 1 is 1.30 bits per heavy atom. The van der Waals surface area contributed by atoms with Crippen LogP contribution in [0.2, 0.25) is 0 Å². The molecule has 0 aliphatic rings. The third-order valence-corrected chi connectivity index (χ3v) is 5.77. The quantitative estimate of drug-likeness (QED) is 0.600. The van der Waals surface area contributed by atoms with Crippen molar-refractivity contribution in [3.05, 3.63) is 16.1 Å². The number of thiazole rings is 1. The normalized spacial score (nSPS) is 11.2. The van der Waals surface area contributed by atoms with Crippen LogP contribution in [0.5, 0.6) is 0 Å². The van der Waals surface area contributed by atoms with E-state index < -0.39 is 0 Å². The zero-order valence-electron chi connectivity index (χ0n) is 12.8. The van der Waals surface area contributed by atoms with E-state index >= 15 is 0 Å². The highest BCUT2D eigenvalue weighted by Crippen LogP contribution is 2.17. The minimum atomic E-state index is 0. The van der Waals surface area contributed by atoms with Gasteiger partial charge in [0.2, 0.25) is 5.12 Å². The summed E-state index contributed by atoms with van der Waals surface area (Å²) >= 11 is 3.17. The smallest absolute Gasteiger partial charge is 0.243 e. The van der Waals surface area contributed by atoms with Gasteiger partial charge >= 0.3 is 0 Å². The van der Waals surface area contributed by atoms with E-state index in [1.807, 2.05) is 12.4 Å². The second kappa shape index (κ2) is 9.92. The van der Waals surface area contributed by atoms with Crippen molar-refractivity contribution in [1.82, 2.24) is 4.98 Å². The van der Waals surface area contributed by atoms with Crippen molar-refractivity contribution in [1.29, 1.82) is 0 Å². The molecule has 0 aromatic carbocycles. The van der Waals surface area contributed by atoms with E-state index in [0.29, 0.717) is 11.7 Å². The number of quaternary nitrogens is 1. The molecule has 1 rings (SSSR count). The lowest BCUT2D eigenvalue weighted by molar-refractivity contribution is -0.915. The maximum Gasteiger partial charge on any atom is 0.243 e. The molecule has 1 heterocycles. The Bertz CT molecular complexity index is 397. The second-order valence-corrected chi connectivity index (χ2v) is 6.87. The summed E-state index contributed by atoms with van der Waals surface area (Å²) in [5, 5.41) is 0.327. The van der Waals surface area contributed by atoms with Gasteiger partial charge in [-0.1, -0.05) is 11.8 Å². The molecule has 20 heavy (non-hydrogen) atoms. The fourth-order valence-corrected chi connectivity index (χ4v) is 3.96. The summed E-state index contributed by atoms with van der Waals surface area (Å²) in [5.74, 6) is 0.874. The lowest BCUT2D eigenvalue weighted by atomic mass is 10.3. The highest BCUT2D eigenvalue weighted by atomic mass is 79.9. The zero-order valence-corrected chi connectivity index (χ0v) is 16.0. The number of thioether (sulfide) groups is 1. The molecule has 0 aliphatic heterocycles. The molecule has 3 nitrogen and oxygen atoms in total. The number of halogens is 1. The molecule has 116 valence electrons. The molecule has 6 heteroatoms. The molecule has 0 aliphatic carbocycles. The van der Waals surface area contributed by atoms with E-state index in [9.17, 15) is 4.79 Å². The summed E-state index contributed by atoms with van der Waals surface area (Å²) in [6, 6.07) is 0. The summed E-state index contributed by atoms with van der Waals surface area (Å²) in [6.45, 7) is 12.3. The van der Waals surface area contributed by atoms with Crippen molar-refractivity contribution < 1.29 is 26.3 Å². The van der Waals surface area contributed by atoms with Crippen molar-refractivity contribution >= 4 is 28.2 Å². The minimum absolute atomic E-state index is 0. The van der Waals surface area contributed by atoms with Gasteiger partial charge in [0, 0.05) is 10.6 Å². The van der Waals surface area contributed by atoms with Gasteiger partial charge in [-0.15, -0.1) is 11.3 Å². The van der Waals surface area contributed by atoms with Gasteiger partial charge in [-0.3, -0.25) is 4.79 Å². The van der Waals surface area contributed by atoms with E-state index in [-0.39, 0.29) is 17.0 Å². The van der Waals surface area contributed by atoms with Gasteiger partial charge < -0.3 is 21.5 Å². The molecule has 0 saturated heterocycles. The van der Waals surface area contributed by atoms with Crippen LogP contribution in [0.15, 0.2) is 5.51 Å². The molecule has 0 fully saturated rings. The van der Waals surface area contributed by atoms with Gasteiger partial charge in [-0.05, 0) is 34.1 Å². The molecule has 0 bridgehead atoms. The van der Waals surface area contributed by atoms with E-state index in [1.165, 1.54) is 16.6 Å². The third-order valence-electron chi connectivity index (χ3n) is 3.91. The van der Waals surface area contributed by atoms with Crippen LogP contribution < -0.4 is 17.0 Å². The topological polar surface area (TPSA) is 30.0 Å². The first-order valence-corrected chi connectivity index (χ1v) is 8.83. The SMILES string of the molecule is CC[N+](CC)(CC)CC(=O)SCCc1scnc1C.[Br-]. The largest absolute Gasteiger partial charge is 1.00 e. The maximum atomic E-state index is 12.1. The summed E-state index contributed by atoms with van der Waals surface area (Å²) in [6.07, 6.45) is 0.956. The van der Waals surface area contributed by atoms with Crippen LogP contribution in [0.4, 0.5) is 0 Å². The van der Waals surface area contributed by atoms with Crippen LogP contribution in [0.1, 0.15) is 31.3 Å². The van der Waals surface area contributed by atoms with Gasteiger partial charge in [0.15, 0.2) is 0 Å². The number of carbonyl (C=O) groups excluding carboxylic acids is 1. The van der Waals surface area contributed by atoms with Crippen molar-refractivity contribution in [2.45, 2.75) is 34.1 Å². The maximum absolute atomic E-state index is 12.1. The summed E-state index contributed by atoms with van der Waals surface area (Å²) < 4.78 is 0.908. The van der Waals surface area contributed by atoms with Gasteiger partial charge in [-0.2, -0.15) is 0 Å². The highest BCUT2D eigenvalue weighted by Gasteiger charge is 2.24. The predicted molar refractivity (Wildman–Crippen MR) is 84.8 cm³/mol. The molecule has 0 spiro atoms. The number of nitrogens with zero attached hydrogens (tertiary/aromatic N) is 2. The average Bonchev–Trinajstić information content (AvgIpc) is 2.82. The molecule has 0 radical (unpaired) electrons. The Kier molecular flexibility index (Phi) is 9.97. The van der Waals surface area contributed by atoms with Gasteiger partial charge in [-0.25, -0.2) is 4.98 Å². The van der Waals surface area contributed by atoms with Crippen molar-refractivity contribution in [2.75, 3.05) is 31.9 Å². The Morgan fingerprint density at radius 2 is 1.90 bits per heavy atom. The monoisotopic (exact) mass is 380 g/mol. The lowest BCUT2D eigenvalue weighted by Crippen LogP contribution is -3.00. The van der Waals surface area contributed by atoms with Crippen LogP contribution in [0.25, 0.3) is 0 Å². The Morgan fingerprint density at radius 3 is 2.35 bits per heavy atom. The Labute approximate surface area is 141 Å². The molecular weight excluding hydrogens is 356 g/mol. The fourth-order valence-electron chi connectivity index (χ4n) is 2.15. The number of aromatic nitrogens is 1. The van der Waals surface area contributed by atoms with Crippen molar-refractivity contribution in [2.24, 2.45) is 0 Å². The summed E-state index contributed by atoms with van der Waals surface area (Å²) in [4.78, 5) is 17.6. The van der Waals surface area contributed by atoms with Gasteiger partial charge in [0.05, 0.1) is 30.8 Å². The first-order chi connectivity index (χ1) is 9.06. The molecule has 1 aromatic rings. The molecule has 0 unspecified atom stereocenters. The standard InChI is InChI=1S/C14H25N2OS2.BrH/c1-5-16(6-2,7-3)10-14(17)18-9-8-13-12(4)15-11-19-13;/h11H,5-10H2,1-4H3;1H/q+1;/p-1. The molecule has 0 N–H and O–H groups in total. The molecule has 0 saturated carbocycles. The molecule has 0 atom stereocenters. The van der Waals surface area contributed by atoms with Crippen LogP contribution in [-0.4, -0.2) is 46.5 Å². The van der Waals surface area contributed by atoms with Crippen LogP contribution in [0.3, 0.4) is 0 Å². The Balaban J connectivity index is 0.00000361. The van der Waals surface area contributed by atoms with Crippen LogP contribution >= 0.6 is 23.1 Å². The highest BCUT2D eigenvalue weighted by molar-refractivity contribution is 8.13. The molecular formula is C14H25BrN2OS2. The number of likely N-dealkylation sites (N-methyl/N-ethyl adjacent to an activating group) is 1. The van der Waals surface area contributed by atoms with Crippen LogP contribution in [0, 0.1) is 6.92 Å². The van der Waals surface area contributed by atoms with E-state index in [1.54, 1.807) is 11.3 Å². The van der Waals surface area contributed by atoms with E-state index in [2.05, 4.69) is 25.8 Å². The molecule has 0 amide bonds. The second-order valence-electron chi connectivity index (χ2n) is 4.78. The Hall–Kier alpha value is 0.0900. The number of rotatable bonds is 8. The van der Waals surface area contributed by atoms with Crippen molar-refractivity contribution in [3.8, 4) is 0 Å². The first-order valence-electron chi connectivity index (χ1n) is 6.96. The van der Waals surface area contributed by atoms with Gasteiger partial charge in [0.25, 0.3) is 0 Å². The third kappa shape index (κ3) is 5.84. The van der Waals surface area contributed by atoms with Crippen LogP contribution in [-0.2, 0) is 11.2 Å². The predicted octanol–water partition coefficient (Wildman–Crippen LogP) is 0.134. The van der Waals surface area contributed by atoms with E-state index in [0.717, 1.165) is 42.0 Å². The fraction of sp³-hybridized carbons (Fsp3) is 0.714. The van der Waals surface area contributed by atoms with Crippen molar-refractivity contribution in [3.63, 3.8) is 0 Å². The van der Waals surface area contributed by atoms with E-state index in [4.69, 9.17) is 0 Å². The number of aryl methyl sites for hydroxylation is 2. The zero-order chi connectivity index (χ0) is 14.3. The number of carbonyl (C=O) groups is 1. The average molecular weight is 381 g/mol. The minimum Gasteiger partial charge on any atom is -1.00 e. The first kappa shape index (κ1) is 20.1. The molecule has 1 aromatic heterocycles.